The summed E-state index contributed by atoms with van der Waals surface area (Å²) in [6.07, 6.45) is 2.23. The molecule has 0 radical (unpaired) electrons. The predicted octanol–water partition coefficient (Wildman–Crippen LogP) is 8.55. The van der Waals surface area contributed by atoms with E-state index in [1.165, 1.54) is 0 Å². The number of halogens is 1. The number of fused-ring (bicyclic) bond motifs is 5. The van der Waals surface area contributed by atoms with E-state index in [0.717, 1.165) is 66.4 Å². The van der Waals surface area contributed by atoms with Gasteiger partial charge in [0.2, 0.25) is 0 Å². The molecular formula is C43H52FN7O3Si. The van der Waals surface area contributed by atoms with Gasteiger partial charge in [0.1, 0.15) is 31.7 Å². The van der Waals surface area contributed by atoms with Gasteiger partial charge in [-0.15, -0.1) is 5.54 Å². The van der Waals surface area contributed by atoms with Crippen molar-refractivity contribution < 1.29 is 19.0 Å². The lowest BCUT2D eigenvalue weighted by molar-refractivity contribution is 0.107. The molecule has 8 rings (SSSR count). The third-order valence-corrected chi connectivity index (χ3v) is 19.3. The molecule has 2 bridgehead atoms. The number of anilines is 1. The predicted molar refractivity (Wildman–Crippen MR) is 219 cm³/mol. The summed E-state index contributed by atoms with van der Waals surface area (Å²) in [5.41, 5.74) is 9.79. The molecule has 2 N–H and O–H groups in total. The van der Waals surface area contributed by atoms with E-state index >= 15 is 4.39 Å². The number of ether oxygens (including phenoxy) is 1. The number of nitrogens with zero attached hydrogens (tertiary/aromatic N) is 6. The number of carbonyl (C=O) groups is 1. The zero-order valence-corrected chi connectivity index (χ0v) is 33.9. The van der Waals surface area contributed by atoms with Crippen LogP contribution in [0.3, 0.4) is 0 Å². The lowest BCUT2D eigenvalue weighted by atomic mass is 9.92. The van der Waals surface area contributed by atoms with Gasteiger partial charge >= 0.3 is 12.1 Å². The molecule has 0 aliphatic carbocycles. The molecule has 288 valence electrons. The van der Waals surface area contributed by atoms with Gasteiger partial charge in [-0.05, 0) is 66.6 Å². The van der Waals surface area contributed by atoms with Crippen molar-refractivity contribution >= 4 is 41.8 Å². The lowest BCUT2D eigenvalue weighted by Crippen LogP contribution is -2.55. The number of hydrogen-bond acceptors (Lipinski definition) is 7. The summed E-state index contributed by atoms with van der Waals surface area (Å²) in [4.78, 5) is 27.9. The van der Waals surface area contributed by atoms with E-state index in [9.17, 15) is 9.90 Å². The van der Waals surface area contributed by atoms with Crippen LogP contribution in [0.5, 0.6) is 6.01 Å². The first-order valence-corrected chi connectivity index (χ1v) is 21.9. The highest BCUT2D eigenvalue weighted by Gasteiger charge is 2.48. The Morgan fingerprint density at radius 3 is 2.29 bits per heavy atom. The smallest absolute Gasteiger partial charge is 0.407 e. The molecule has 4 aromatic rings. The minimum atomic E-state index is -2.05. The number of nitrogens with one attached hydrogen (secondary N) is 1. The molecule has 10 nitrogen and oxygen atoms in total. The van der Waals surface area contributed by atoms with Crippen molar-refractivity contribution in [3.8, 4) is 28.7 Å². The molecule has 12 heteroatoms. The molecule has 4 fully saturated rings. The molecule has 2 aromatic carbocycles. The van der Waals surface area contributed by atoms with Crippen LogP contribution in [0.15, 0.2) is 54.6 Å². The zero-order chi connectivity index (χ0) is 39.0. The van der Waals surface area contributed by atoms with Gasteiger partial charge in [0.15, 0.2) is 5.82 Å². The van der Waals surface area contributed by atoms with Gasteiger partial charge in [-0.25, -0.2) is 9.18 Å². The SMILES string of the molecule is C=C1CN2CC(=C)CC2(COc2nc(N3C[C@H]4CC[C@@H](C3)N4C(=O)O)c3ccc(-c4n[nH]c5cccc(C#C[Si](C(C)C)(C(C)C)C(C)C)c45)c(F)c3n2)C1. The van der Waals surface area contributed by atoms with Crippen molar-refractivity contribution in [2.24, 2.45) is 0 Å². The maximum atomic E-state index is 17.3. The topological polar surface area (TPSA) is 111 Å². The molecular weight excluding hydrogens is 710 g/mol. The average Bonchev–Trinajstić information content (AvgIpc) is 3.85. The van der Waals surface area contributed by atoms with Crippen molar-refractivity contribution in [1.82, 2.24) is 30.0 Å². The number of carboxylic acid groups (broad SMARTS) is 1. The van der Waals surface area contributed by atoms with Crippen LogP contribution in [0, 0.1) is 17.3 Å². The molecule has 55 heavy (non-hydrogen) atoms. The maximum Gasteiger partial charge on any atom is 0.407 e. The average molecular weight is 762 g/mol. The molecule has 2 aromatic heterocycles. The van der Waals surface area contributed by atoms with Gasteiger partial charge in [0.25, 0.3) is 0 Å². The van der Waals surface area contributed by atoms with Crippen LogP contribution < -0.4 is 9.64 Å². The van der Waals surface area contributed by atoms with Gasteiger partial charge in [-0.2, -0.15) is 15.1 Å². The second kappa shape index (κ2) is 13.8. The monoisotopic (exact) mass is 761 g/mol. The Kier molecular flexibility index (Phi) is 9.32. The first-order chi connectivity index (χ1) is 26.2. The molecule has 6 heterocycles. The quantitative estimate of drug-likeness (QED) is 0.105. The van der Waals surface area contributed by atoms with Crippen molar-refractivity contribution in [3.63, 3.8) is 0 Å². The zero-order valence-electron chi connectivity index (χ0n) is 32.9. The number of rotatable bonds is 8. The summed E-state index contributed by atoms with van der Waals surface area (Å²) in [6, 6.07) is 9.29. The third-order valence-electron chi connectivity index (χ3n) is 13.0. The van der Waals surface area contributed by atoms with E-state index in [1.807, 2.05) is 24.3 Å². The molecule has 0 unspecified atom stereocenters. The molecule has 1 amide bonds. The molecule has 4 saturated heterocycles. The number of benzene rings is 2. The second-order valence-corrected chi connectivity index (χ2v) is 22.9. The lowest BCUT2D eigenvalue weighted by Gasteiger charge is -2.40. The van der Waals surface area contributed by atoms with E-state index in [4.69, 9.17) is 14.7 Å². The number of piperazine rings is 1. The highest BCUT2D eigenvalue weighted by molar-refractivity contribution is 6.90. The molecule has 0 saturated carbocycles. The molecule has 4 aliphatic rings. The minimum Gasteiger partial charge on any atom is -0.465 e. The summed E-state index contributed by atoms with van der Waals surface area (Å²) in [7, 11) is -2.05. The van der Waals surface area contributed by atoms with Gasteiger partial charge in [0, 0.05) is 48.1 Å². The highest BCUT2D eigenvalue weighted by atomic mass is 28.3. The van der Waals surface area contributed by atoms with Crippen LogP contribution in [0.4, 0.5) is 15.0 Å². The van der Waals surface area contributed by atoms with Crippen LogP contribution in [0.25, 0.3) is 33.1 Å². The van der Waals surface area contributed by atoms with E-state index in [1.54, 1.807) is 11.0 Å². The first-order valence-electron chi connectivity index (χ1n) is 19.7. The van der Waals surface area contributed by atoms with Crippen molar-refractivity contribution in [3.05, 3.63) is 66.0 Å². The normalized spacial score (nSPS) is 21.1. The van der Waals surface area contributed by atoms with Crippen molar-refractivity contribution in [2.45, 2.75) is 101 Å². The Balaban J connectivity index is 1.24. The number of hydrogen-bond donors (Lipinski definition) is 2. The fourth-order valence-corrected chi connectivity index (χ4v) is 15.9. The number of H-pyrrole nitrogens is 1. The Labute approximate surface area is 323 Å². The van der Waals surface area contributed by atoms with Crippen molar-refractivity contribution in [2.75, 3.05) is 37.7 Å². The first kappa shape index (κ1) is 37.2. The van der Waals surface area contributed by atoms with Crippen LogP contribution >= 0.6 is 0 Å². The van der Waals surface area contributed by atoms with Crippen LogP contribution in [0.1, 0.15) is 72.8 Å². The number of amides is 1. The Hall–Kier alpha value is -4.73. The summed E-state index contributed by atoms with van der Waals surface area (Å²) < 4.78 is 23.8. The summed E-state index contributed by atoms with van der Waals surface area (Å²) in [5.74, 6) is 3.62. The van der Waals surface area contributed by atoms with Gasteiger partial charge < -0.3 is 14.7 Å². The van der Waals surface area contributed by atoms with Crippen LogP contribution in [-0.2, 0) is 0 Å². The van der Waals surface area contributed by atoms with E-state index < -0.39 is 20.0 Å². The van der Waals surface area contributed by atoms with Gasteiger partial charge in [-0.3, -0.25) is 14.9 Å². The Morgan fingerprint density at radius 1 is 1.02 bits per heavy atom. The van der Waals surface area contributed by atoms with Crippen LogP contribution in [-0.4, -0.2) is 99.6 Å². The molecule has 0 spiro atoms. The fourth-order valence-electron chi connectivity index (χ4n) is 10.6. The Bertz CT molecular complexity index is 2230. The molecule has 4 aliphatic heterocycles. The fraction of sp³-hybridized carbons (Fsp3) is 0.488. The van der Waals surface area contributed by atoms with E-state index in [-0.39, 0.29) is 29.1 Å². The summed E-state index contributed by atoms with van der Waals surface area (Å²) in [6.45, 7) is 25.1. The van der Waals surface area contributed by atoms with Crippen molar-refractivity contribution in [1.29, 1.82) is 0 Å². The third kappa shape index (κ3) is 6.11. The largest absolute Gasteiger partial charge is 0.465 e. The van der Waals surface area contributed by atoms with E-state index in [2.05, 4.69) is 86.2 Å². The highest BCUT2D eigenvalue weighted by Crippen LogP contribution is 2.44. The second-order valence-electron chi connectivity index (χ2n) is 17.3. The van der Waals surface area contributed by atoms with Crippen LogP contribution in [0.2, 0.25) is 16.6 Å². The van der Waals surface area contributed by atoms with Gasteiger partial charge in [-0.1, -0.05) is 77.8 Å². The number of aromatic nitrogens is 4. The summed E-state index contributed by atoms with van der Waals surface area (Å²) >= 11 is 0. The van der Waals surface area contributed by atoms with E-state index in [0.29, 0.717) is 58.8 Å². The standard InChI is InChI=1S/C43H52FN7O3Si/c1-25(2)55(26(3)4,27(5)6)17-16-30-10-9-11-35-36(30)38(48-47-35)33-14-15-34-39(37(33)44)45-41(54-24-43-18-28(7)20-50(43)21-29(8)19-43)46-40(34)49-22-31-12-13-32(23-49)51(31)42(52)53/h9-11,14-15,25-27,31-32H,7-8,12-13,18-24H2,1-6H3,(H,47,48)(H,52,53)/t31-,32+. The Morgan fingerprint density at radius 2 is 1.67 bits per heavy atom. The maximum absolute atomic E-state index is 17.3. The van der Waals surface area contributed by atoms with Gasteiger partial charge in [0.05, 0.1) is 23.1 Å². The summed E-state index contributed by atoms with van der Waals surface area (Å²) in [5, 5.41) is 19.1. The molecule has 2 atom stereocenters. The minimum absolute atomic E-state index is 0.0895. The number of aromatic amines is 1.